The van der Waals surface area contributed by atoms with Crippen LogP contribution in [0.3, 0.4) is 0 Å². The van der Waals surface area contributed by atoms with Crippen molar-refractivity contribution >= 4 is 0 Å². The summed E-state index contributed by atoms with van der Waals surface area (Å²) in [7, 11) is 0. The predicted molar refractivity (Wildman–Crippen MR) is 57.3 cm³/mol. The largest absolute Gasteiger partial charge is 0.103 e. The smallest absolute Gasteiger partial charge is 0.0351 e. The summed E-state index contributed by atoms with van der Waals surface area (Å²) in [6.07, 6.45) is 8.65. The molecule has 0 saturated heterocycles. The highest BCUT2D eigenvalue weighted by Crippen LogP contribution is 2.18. The first kappa shape index (κ1) is 11.7. The van der Waals surface area contributed by atoms with Gasteiger partial charge in [0.2, 0.25) is 0 Å². The normalized spacial score (nSPS) is 15.6. The Bertz CT molecular complexity index is 105. The first-order valence-electron chi connectivity index (χ1n) is 5.31. The van der Waals surface area contributed by atoms with Gasteiger partial charge in [-0.3, -0.25) is 0 Å². The van der Waals surface area contributed by atoms with Gasteiger partial charge in [0, 0.05) is 0 Å². The molecule has 0 heterocycles. The van der Waals surface area contributed by atoms with Gasteiger partial charge in [-0.05, 0) is 24.7 Å². The molecule has 0 spiro atoms. The molecule has 0 saturated carbocycles. The van der Waals surface area contributed by atoms with E-state index in [1.807, 2.05) is 6.08 Å². The van der Waals surface area contributed by atoms with Crippen molar-refractivity contribution in [2.24, 2.45) is 11.8 Å². The van der Waals surface area contributed by atoms with Crippen molar-refractivity contribution in [2.45, 2.75) is 52.9 Å². The first-order valence-corrected chi connectivity index (χ1v) is 5.31. The van der Waals surface area contributed by atoms with Crippen molar-refractivity contribution < 1.29 is 0 Å². The van der Waals surface area contributed by atoms with E-state index in [-0.39, 0.29) is 0 Å². The lowest BCUT2D eigenvalue weighted by Crippen LogP contribution is -1.99. The Hall–Kier alpha value is -0.260. The van der Waals surface area contributed by atoms with E-state index in [2.05, 4.69) is 27.4 Å². The summed E-state index contributed by atoms with van der Waals surface area (Å²) in [6.45, 7) is 10.7. The highest BCUT2D eigenvalue weighted by molar-refractivity contribution is 4.68. The second-order valence-electron chi connectivity index (χ2n) is 4.06. The van der Waals surface area contributed by atoms with Crippen molar-refractivity contribution in [2.75, 3.05) is 0 Å². The molecule has 0 aromatic rings. The van der Waals surface area contributed by atoms with Gasteiger partial charge < -0.3 is 0 Å². The third kappa shape index (κ3) is 6.45. The summed E-state index contributed by atoms with van der Waals surface area (Å²) < 4.78 is 0. The molecule has 0 nitrogen and oxygen atoms in total. The molecule has 72 valence electrons. The van der Waals surface area contributed by atoms with Crippen molar-refractivity contribution in [3.05, 3.63) is 12.7 Å². The van der Waals surface area contributed by atoms with E-state index >= 15 is 0 Å². The Kier molecular flexibility index (Phi) is 7.23. The van der Waals surface area contributed by atoms with Crippen LogP contribution in [0.1, 0.15) is 52.9 Å². The van der Waals surface area contributed by atoms with Gasteiger partial charge >= 0.3 is 0 Å². The summed E-state index contributed by atoms with van der Waals surface area (Å²) in [5.41, 5.74) is 0. The van der Waals surface area contributed by atoms with Crippen molar-refractivity contribution in [1.29, 1.82) is 0 Å². The van der Waals surface area contributed by atoms with E-state index in [0.29, 0.717) is 0 Å². The molecule has 0 aliphatic heterocycles. The Morgan fingerprint density at radius 1 is 1.08 bits per heavy atom. The molecule has 0 aliphatic carbocycles. The minimum Gasteiger partial charge on any atom is -0.103 e. The van der Waals surface area contributed by atoms with Crippen LogP contribution in [0.2, 0.25) is 0 Å². The van der Waals surface area contributed by atoms with Crippen LogP contribution >= 0.6 is 0 Å². The number of allylic oxidation sites excluding steroid dienone is 1. The zero-order valence-corrected chi connectivity index (χ0v) is 8.97. The standard InChI is InChI=1S/C12H24/c1-5-7-8-12(4)10-9-11(3)6-2/h5,11-12H,1,6-10H2,2-4H3. The lowest BCUT2D eigenvalue weighted by atomic mass is 9.94. The zero-order chi connectivity index (χ0) is 9.40. The van der Waals surface area contributed by atoms with E-state index in [1.165, 1.54) is 32.1 Å². The van der Waals surface area contributed by atoms with Crippen molar-refractivity contribution in [3.8, 4) is 0 Å². The topological polar surface area (TPSA) is 0 Å². The van der Waals surface area contributed by atoms with Crippen LogP contribution in [0, 0.1) is 11.8 Å². The molecule has 0 aromatic heterocycles. The quantitative estimate of drug-likeness (QED) is 0.494. The molecular weight excluding hydrogens is 144 g/mol. The molecule has 0 bridgehead atoms. The maximum Gasteiger partial charge on any atom is -0.0351 e. The molecule has 0 aliphatic rings. The molecule has 0 aromatic carbocycles. The van der Waals surface area contributed by atoms with Crippen LogP contribution in [0.25, 0.3) is 0 Å². The fraction of sp³-hybridized carbons (Fsp3) is 0.833. The molecule has 0 radical (unpaired) electrons. The summed E-state index contributed by atoms with van der Waals surface area (Å²) in [5.74, 6) is 1.80. The number of rotatable bonds is 7. The highest BCUT2D eigenvalue weighted by Gasteiger charge is 2.03. The fourth-order valence-electron chi connectivity index (χ4n) is 1.32. The first-order chi connectivity index (χ1) is 5.70. The number of hydrogen-bond donors (Lipinski definition) is 0. The van der Waals surface area contributed by atoms with Crippen LogP contribution in [0.15, 0.2) is 12.7 Å². The monoisotopic (exact) mass is 168 g/mol. The molecule has 0 amide bonds. The van der Waals surface area contributed by atoms with Crippen molar-refractivity contribution in [1.82, 2.24) is 0 Å². The van der Waals surface area contributed by atoms with Gasteiger partial charge in [0.05, 0.1) is 0 Å². The van der Waals surface area contributed by atoms with Gasteiger partial charge in [-0.1, -0.05) is 46.1 Å². The van der Waals surface area contributed by atoms with Crippen LogP contribution < -0.4 is 0 Å². The molecule has 0 N–H and O–H groups in total. The van der Waals surface area contributed by atoms with E-state index in [1.54, 1.807) is 0 Å². The van der Waals surface area contributed by atoms with E-state index in [4.69, 9.17) is 0 Å². The third-order valence-corrected chi connectivity index (χ3v) is 2.71. The molecule has 2 unspecified atom stereocenters. The molecule has 12 heavy (non-hydrogen) atoms. The summed E-state index contributed by atoms with van der Waals surface area (Å²) in [5, 5.41) is 0. The second-order valence-corrected chi connectivity index (χ2v) is 4.06. The number of hydrogen-bond acceptors (Lipinski definition) is 0. The SMILES string of the molecule is C=CCCC(C)CCC(C)CC. The lowest BCUT2D eigenvalue weighted by Gasteiger charge is -2.13. The second kappa shape index (κ2) is 7.39. The lowest BCUT2D eigenvalue weighted by molar-refractivity contribution is 0.408. The summed E-state index contributed by atoms with van der Waals surface area (Å²) >= 11 is 0. The summed E-state index contributed by atoms with van der Waals surface area (Å²) in [6, 6.07) is 0. The van der Waals surface area contributed by atoms with Gasteiger partial charge in [-0.15, -0.1) is 6.58 Å². The van der Waals surface area contributed by atoms with E-state index in [9.17, 15) is 0 Å². The van der Waals surface area contributed by atoms with Gasteiger partial charge in [0.25, 0.3) is 0 Å². The fourth-order valence-corrected chi connectivity index (χ4v) is 1.32. The Morgan fingerprint density at radius 3 is 2.17 bits per heavy atom. The summed E-state index contributed by atoms with van der Waals surface area (Å²) in [4.78, 5) is 0. The maximum absolute atomic E-state index is 3.74. The minimum atomic E-state index is 0.886. The average molecular weight is 168 g/mol. The average Bonchev–Trinajstić information content (AvgIpc) is 2.10. The predicted octanol–water partition coefficient (Wildman–Crippen LogP) is 4.42. The molecule has 2 atom stereocenters. The third-order valence-electron chi connectivity index (χ3n) is 2.71. The minimum absolute atomic E-state index is 0.886. The van der Waals surface area contributed by atoms with E-state index < -0.39 is 0 Å². The molecular formula is C12H24. The van der Waals surface area contributed by atoms with Gasteiger partial charge in [0.1, 0.15) is 0 Å². The van der Waals surface area contributed by atoms with E-state index in [0.717, 1.165) is 11.8 Å². The van der Waals surface area contributed by atoms with Gasteiger partial charge in [0.15, 0.2) is 0 Å². The van der Waals surface area contributed by atoms with Gasteiger partial charge in [-0.25, -0.2) is 0 Å². The van der Waals surface area contributed by atoms with Gasteiger partial charge in [-0.2, -0.15) is 0 Å². The Morgan fingerprint density at radius 2 is 1.67 bits per heavy atom. The maximum atomic E-state index is 3.74. The molecule has 0 rings (SSSR count). The Labute approximate surface area is 78.1 Å². The highest BCUT2D eigenvalue weighted by atomic mass is 14.1. The van der Waals surface area contributed by atoms with Crippen LogP contribution in [-0.2, 0) is 0 Å². The zero-order valence-electron chi connectivity index (χ0n) is 8.97. The van der Waals surface area contributed by atoms with Crippen LogP contribution in [-0.4, -0.2) is 0 Å². The van der Waals surface area contributed by atoms with Crippen molar-refractivity contribution in [3.63, 3.8) is 0 Å². The molecule has 0 fully saturated rings. The Balaban J connectivity index is 3.29. The van der Waals surface area contributed by atoms with Crippen LogP contribution in [0.5, 0.6) is 0 Å². The van der Waals surface area contributed by atoms with Crippen LogP contribution in [0.4, 0.5) is 0 Å². The molecule has 0 heteroatoms.